The van der Waals surface area contributed by atoms with E-state index in [-0.39, 0.29) is 5.60 Å². The molecule has 0 aromatic heterocycles. The van der Waals surface area contributed by atoms with Gasteiger partial charge in [-0.05, 0) is 17.2 Å². The van der Waals surface area contributed by atoms with E-state index in [0.29, 0.717) is 5.92 Å². The van der Waals surface area contributed by atoms with Crippen LogP contribution < -0.4 is 0 Å². The lowest BCUT2D eigenvalue weighted by molar-refractivity contribution is -0.128. The number of benzene rings is 1. The number of fused-ring (bicyclic) bond motifs is 2. The summed E-state index contributed by atoms with van der Waals surface area (Å²) >= 11 is 3.69. The van der Waals surface area contributed by atoms with Crippen LogP contribution in [0.3, 0.4) is 0 Å². The molecule has 0 saturated carbocycles. The van der Waals surface area contributed by atoms with Crippen LogP contribution in [0.15, 0.2) is 22.7 Å². The minimum absolute atomic E-state index is 0.0934. The third-order valence-electron chi connectivity index (χ3n) is 3.95. The molecule has 3 rings (SSSR count). The molecule has 1 spiro atoms. The van der Waals surface area contributed by atoms with Gasteiger partial charge in [0.15, 0.2) is 0 Å². The average molecular weight is 297 g/mol. The van der Waals surface area contributed by atoms with Gasteiger partial charge in [0.25, 0.3) is 0 Å². The summed E-state index contributed by atoms with van der Waals surface area (Å²) in [6, 6.07) is 6.47. The molecule has 0 aliphatic carbocycles. The quantitative estimate of drug-likeness (QED) is 0.728. The molecule has 17 heavy (non-hydrogen) atoms. The maximum atomic E-state index is 6.20. The summed E-state index contributed by atoms with van der Waals surface area (Å²) in [5.41, 5.74) is 2.71. The van der Waals surface area contributed by atoms with Gasteiger partial charge >= 0.3 is 0 Å². The van der Waals surface area contributed by atoms with Crippen molar-refractivity contribution in [1.29, 1.82) is 0 Å². The molecule has 2 nitrogen and oxygen atoms in total. The van der Waals surface area contributed by atoms with Gasteiger partial charge in [-0.2, -0.15) is 0 Å². The molecular weight excluding hydrogens is 280 g/mol. The van der Waals surface area contributed by atoms with Gasteiger partial charge in [-0.25, -0.2) is 0 Å². The molecule has 92 valence electrons. The van der Waals surface area contributed by atoms with Crippen molar-refractivity contribution in [3.05, 3.63) is 33.8 Å². The Kier molecular flexibility index (Phi) is 3.01. The Balaban J connectivity index is 2.11. The zero-order valence-corrected chi connectivity index (χ0v) is 11.6. The van der Waals surface area contributed by atoms with Crippen molar-refractivity contribution in [3.8, 4) is 0 Å². The monoisotopic (exact) mass is 296 g/mol. The highest BCUT2D eigenvalue weighted by atomic mass is 79.9. The number of hydrogen-bond acceptors (Lipinski definition) is 2. The Morgan fingerprint density at radius 1 is 1.29 bits per heavy atom. The Morgan fingerprint density at radius 3 is 2.82 bits per heavy atom. The van der Waals surface area contributed by atoms with Gasteiger partial charge in [-0.3, -0.25) is 0 Å². The Hall–Kier alpha value is -0.380. The summed E-state index contributed by atoms with van der Waals surface area (Å²) in [7, 11) is 0. The number of hydrogen-bond donors (Lipinski definition) is 0. The molecule has 0 radical (unpaired) electrons. The highest BCUT2D eigenvalue weighted by Gasteiger charge is 2.41. The molecule has 2 aliphatic rings. The summed E-state index contributed by atoms with van der Waals surface area (Å²) in [5.74, 6) is 0.467. The average Bonchev–Trinajstić information content (AvgIpc) is 2.36. The first-order valence-electron chi connectivity index (χ1n) is 6.23. The second-order valence-electron chi connectivity index (χ2n) is 5.02. The lowest BCUT2D eigenvalue weighted by Gasteiger charge is -2.44. The van der Waals surface area contributed by atoms with Crippen molar-refractivity contribution in [1.82, 2.24) is 0 Å². The molecule has 0 amide bonds. The first-order chi connectivity index (χ1) is 8.23. The number of ether oxygens (including phenoxy) is 2. The Bertz CT molecular complexity index is 424. The fourth-order valence-electron chi connectivity index (χ4n) is 3.00. The molecule has 0 N–H and O–H groups in total. The van der Waals surface area contributed by atoms with Crippen molar-refractivity contribution >= 4 is 15.9 Å². The van der Waals surface area contributed by atoms with Crippen LogP contribution in [0.25, 0.3) is 0 Å². The van der Waals surface area contributed by atoms with Gasteiger partial charge in [-0.1, -0.05) is 35.0 Å². The third kappa shape index (κ3) is 1.85. The summed E-state index contributed by atoms with van der Waals surface area (Å²) in [6.45, 7) is 4.66. The highest BCUT2D eigenvalue weighted by molar-refractivity contribution is 9.10. The van der Waals surface area contributed by atoms with E-state index >= 15 is 0 Å². The van der Waals surface area contributed by atoms with E-state index in [4.69, 9.17) is 9.47 Å². The van der Waals surface area contributed by atoms with Gasteiger partial charge in [0, 0.05) is 36.4 Å². The van der Waals surface area contributed by atoms with E-state index in [1.165, 1.54) is 15.6 Å². The number of halogens is 1. The highest BCUT2D eigenvalue weighted by Crippen LogP contribution is 2.46. The largest absolute Gasteiger partial charge is 0.381 e. The topological polar surface area (TPSA) is 18.5 Å². The van der Waals surface area contributed by atoms with E-state index in [1.54, 1.807) is 0 Å². The molecule has 0 unspecified atom stereocenters. The molecule has 2 heterocycles. The molecule has 0 bridgehead atoms. The second kappa shape index (κ2) is 4.38. The number of rotatable bonds is 0. The van der Waals surface area contributed by atoms with Crippen LogP contribution in [-0.4, -0.2) is 19.8 Å². The molecule has 2 aliphatic heterocycles. The van der Waals surface area contributed by atoms with Crippen molar-refractivity contribution < 1.29 is 9.47 Å². The first-order valence-corrected chi connectivity index (χ1v) is 7.03. The Labute approximate surface area is 110 Å². The Morgan fingerprint density at radius 2 is 2.06 bits per heavy atom. The molecule has 1 saturated heterocycles. The zero-order chi connectivity index (χ0) is 11.9. The van der Waals surface area contributed by atoms with Crippen LogP contribution in [0, 0.1) is 0 Å². The van der Waals surface area contributed by atoms with Crippen molar-refractivity contribution in [3.63, 3.8) is 0 Å². The van der Waals surface area contributed by atoms with E-state index in [1.807, 2.05) is 0 Å². The summed E-state index contributed by atoms with van der Waals surface area (Å²) in [5, 5.41) is 0. The smallest absolute Gasteiger partial charge is 0.0978 e. The van der Waals surface area contributed by atoms with Crippen LogP contribution >= 0.6 is 15.9 Å². The van der Waals surface area contributed by atoms with Crippen LogP contribution in [0.5, 0.6) is 0 Å². The molecular formula is C14H17BrO2. The third-order valence-corrected chi connectivity index (χ3v) is 4.64. The van der Waals surface area contributed by atoms with Crippen LogP contribution in [0.1, 0.15) is 36.8 Å². The lowest BCUT2D eigenvalue weighted by Crippen LogP contribution is -2.41. The fraction of sp³-hybridized carbons (Fsp3) is 0.571. The van der Waals surface area contributed by atoms with E-state index in [9.17, 15) is 0 Å². The van der Waals surface area contributed by atoms with Crippen molar-refractivity contribution in [2.45, 2.75) is 31.3 Å². The second-order valence-corrected chi connectivity index (χ2v) is 5.87. The molecule has 3 heteroatoms. The standard InChI is InChI=1S/C14H17BrO2/c1-10-9-17-14(5-7-16-8-6-14)11-3-2-4-12(15)13(10)11/h2-4,10H,5-9H2,1H3/t10-/m1/s1. The van der Waals surface area contributed by atoms with Crippen LogP contribution in [0.4, 0.5) is 0 Å². The zero-order valence-electron chi connectivity index (χ0n) is 10.0. The van der Waals surface area contributed by atoms with E-state index < -0.39 is 0 Å². The normalized spacial score (nSPS) is 26.8. The minimum atomic E-state index is -0.0934. The van der Waals surface area contributed by atoms with Crippen LogP contribution in [-0.2, 0) is 15.1 Å². The molecule has 1 aromatic carbocycles. The van der Waals surface area contributed by atoms with Gasteiger partial charge in [-0.15, -0.1) is 0 Å². The SMILES string of the molecule is C[C@@H]1COC2(CCOCC2)c2cccc(Br)c21. The van der Waals surface area contributed by atoms with E-state index in [0.717, 1.165) is 32.7 Å². The van der Waals surface area contributed by atoms with Gasteiger partial charge in [0.2, 0.25) is 0 Å². The summed E-state index contributed by atoms with van der Waals surface area (Å²) < 4.78 is 12.9. The molecule has 1 fully saturated rings. The predicted octanol–water partition coefficient (Wildman–Crippen LogP) is 3.59. The summed E-state index contributed by atoms with van der Waals surface area (Å²) in [6.07, 6.45) is 1.95. The van der Waals surface area contributed by atoms with E-state index in [2.05, 4.69) is 41.1 Å². The molecule has 1 aromatic rings. The fourth-order valence-corrected chi connectivity index (χ4v) is 3.75. The van der Waals surface area contributed by atoms with Gasteiger partial charge in [0.1, 0.15) is 0 Å². The predicted molar refractivity (Wildman–Crippen MR) is 70.2 cm³/mol. The van der Waals surface area contributed by atoms with Gasteiger partial charge < -0.3 is 9.47 Å². The lowest BCUT2D eigenvalue weighted by atomic mass is 9.78. The summed E-state index contributed by atoms with van der Waals surface area (Å²) in [4.78, 5) is 0. The maximum Gasteiger partial charge on any atom is 0.0978 e. The molecule has 1 atom stereocenters. The minimum Gasteiger partial charge on any atom is -0.381 e. The maximum absolute atomic E-state index is 6.20. The van der Waals surface area contributed by atoms with Crippen LogP contribution in [0.2, 0.25) is 0 Å². The first kappa shape index (κ1) is 11.7. The van der Waals surface area contributed by atoms with Gasteiger partial charge in [0.05, 0.1) is 12.2 Å². The van der Waals surface area contributed by atoms with Crippen molar-refractivity contribution in [2.75, 3.05) is 19.8 Å². The van der Waals surface area contributed by atoms with Crippen molar-refractivity contribution in [2.24, 2.45) is 0 Å².